The topological polar surface area (TPSA) is 50.4 Å². The summed E-state index contributed by atoms with van der Waals surface area (Å²) in [6, 6.07) is 16.8. The number of hydrogen-bond donors (Lipinski definition) is 2. The van der Waals surface area contributed by atoms with Crippen molar-refractivity contribution in [3.05, 3.63) is 59.7 Å². The van der Waals surface area contributed by atoms with Crippen molar-refractivity contribution in [1.29, 1.82) is 0 Å². The molecule has 2 aromatic rings. The smallest absolute Gasteiger partial charge is 0.252 e. The zero-order valence-electron chi connectivity index (χ0n) is 15.4. The van der Waals surface area contributed by atoms with Gasteiger partial charge in [-0.3, -0.25) is 4.79 Å². The lowest BCUT2D eigenvalue weighted by Gasteiger charge is -2.34. The molecule has 0 spiro atoms. The van der Waals surface area contributed by atoms with Gasteiger partial charge in [0.2, 0.25) is 0 Å². The van der Waals surface area contributed by atoms with Crippen LogP contribution in [0.25, 0.3) is 11.1 Å². The molecule has 0 bridgehead atoms. The molecule has 0 radical (unpaired) electrons. The van der Waals surface area contributed by atoms with Crippen molar-refractivity contribution < 1.29 is 9.53 Å². The van der Waals surface area contributed by atoms with E-state index >= 15 is 0 Å². The predicted molar refractivity (Wildman–Crippen MR) is 108 cm³/mol. The van der Waals surface area contributed by atoms with Crippen LogP contribution >= 0.6 is 12.4 Å². The number of amides is 1. The first-order chi connectivity index (χ1) is 12.1. The molecule has 0 unspecified atom stereocenters. The van der Waals surface area contributed by atoms with E-state index in [0.717, 1.165) is 18.7 Å². The Bertz CT molecular complexity index is 742. The first-order valence-corrected chi connectivity index (χ1v) is 8.83. The van der Waals surface area contributed by atoms with Gasteiger partial charge in [0.05, 0.1) is 0 Å². The molecule has 1 amide bonds. The van der Waals surface area contributed by atoms with Crippen molar-refractivity contribution >= 4 is 18.3 Å². The van der Waals surface area contributed by atoms with E-state index in [9.17, 15) is 4.79 Å². The van der Waals surface area contributed by atoms with Crippen molar-refractivity contribution in [2.24, 2.45) is 0 Å². The molecule has 140 valence electrons. The molecule has 1 saturated heterocycles. The van der Waals surface area contributed by atoms with Crippen molar-refractivity contribution in [2.45, 2.75) is 31.9 Å². The van der Waals surface area contributed by atoms with Crippen LogP contribution in [0.1, 0.15) is 24.0 Å². The van der Waals surface area contributed by atoms with Gasteiger partial charge in [0.1, 0.15) is 5.60 Å². The Morgan fingerprint density at radius 1 is 1.12 bits per heavy atom. The minimum Gasteiger partial charge on any atom is -0.368 e. The number of aryl methyl sites for hydroxylation is 1. The molecule has 26 heavy (non-hydrogen) atoms. The molecule has 5 heteroatoms. The number of carbonyl (C=O) groups is 1. The Labute approximate surface area is 161 Å². The second kappa shape index (κ2) is 9.17. The minimum atomic E-state index is -0.695. The third-order valence-corrected chi connectivity index (χ3v) is 4.95. The zero-order valence-corrected chi connectivity index (χ0v) is 16.2. The lowest BCUT2D eigenvalue weighted by molar-refractivity contribution is -0.146. The lowest BCUT2D eigenvalue weighted by Crippen LogP contribution is -2.53. The monoisotopic (exact) mass is 374 g/mol. The fourth-order valence-electron chi connectivity index (χ4n) is 3.38. The Kier molecular flexibility index (Phi) is 7.21. The summed E-state index contributed by atoms with van der Waals surface area (Å²) < 4.78 is 5.58. The summed E-state index contributed by atoms with van der Waals surface area (Å²) in [4.78, 5) is 12.7. The molecule has 1 aliphatic rings. The van der Waals surface area contributed by atoms with Gasteiger partial charge in [-0.2, -0.15) is 0 Å². The molecule has 2 aromatic carbocycles. The summed E-state index contributed by atoms with van der Waals surface area (Å²) >= 11 is 0. The molecule has 2 N–H and O–H groups in total. The van der Waals surface area contributed by atoms with E-state index in [-0.39, 0.29) is 18.3 Å². The molecular formula is C21H27ClN2O2. The van der Waals surface area contributed by atoms with Crippen LogP contribution in [-0.2, 0) is 16.1 Å². The van der Waals surface area contributed by atoms with E-state index in [1.54, 1.807) is 7.11 Å². The highest BCUT2D eigenvalue weighted by atomic mass is 35.5. The Morgan fingerprint density at radius 3 is 2.42 bits per heavy atom. The molecule has 4 nitrogen and oxygen atoms in total. The van der Waals surface area contributed by atoms with Crippen LogP contribution in [0.15, 0.2) is 48.5 Å². The van der Waals surface area contributed by atoms with E-state index in [2.05, 4.69) is 54.0 Å². The van der Waals surface area contributed by atoms with E-state index < -0.39 is 5.60 Å². The normalized spacial score (nSPS) is 15.8. The molecule has 0 aromatic heterocycles. The highest BCUT2D eigenvalue weighted by Gasteiger charge is 2.39. The molecule has 0 atom stereocenters. The zero-order chi connectivity index (χ0) is 17.7. The van der Waals surface area contributed by atoms with Crippen molar-refractivity contribution in [3.8, 4) is 11.1 Å². The van der Waals surface area contributed by atoms with Gasteiger partial charge >= 0.3 is 0 Å². The standard InChI is InChI=1S/C21H26N2O2.ClH/c1-16-5-3-7-18(13-16)19-8-4-6-17(14-19)15-23-20(24)21(25-2)9-11-22-12-10-21;/h3-8,13-14,22H,9-12,15H2,1-2H3,(H,23,24);1H. The Hall–Kier alpha value is -1.88. The van der Waals surface area contributed by atoms with Gasteiger partial charge in [-0.1, -0.05) is 48.0 Å². The third-order valence-electron chi connectivity index (χ3n) is 4.95. The molecular weight excluding hydrogens is 348 g/mol. The predicted octanol–water partition coefficient (Wildman–Crippen LogP) is 3.47. The number of ether oxygens (including phenoxy) is 1. The van der Waals surface area contributed by atoms with Crippen LogP contribution in [0.4, 0.5) is 0 Å². The average Bonchev–Trinajstić information content (AvgIpc) is 2.67. The first kappa shape index (κ1) is 20.4. The maximum absolute atomic E-state index is 12.7. The summed E-state index contributed by atoms with van der Waals surface area (Å²) in [6.45, 7) is 4.22. The summed E-state index contributed by atoms with van der Waals surface area (Å²) in [5, 5.41) is 6.33. The van der Waals surface area contributed by atoms with Crippen molar-refractivity contribution in [3.63, 3.8) is 0 Å². The van der Waals surface area contributed by atoms with Gasteiger partial charge in [0.25, 0.3) is 5.91 Å². The third kappa shape index (κ3) is 4.64. The van der Waals surface area contributed by atoms with Crippen LogP contribution in [0.3, 0.4) is 0 Å². The number of piperidine rings is 1. The van der Waals surface area contributed by atoms with Crippen LogP contribution in [0, 0.1) is 6.92 Å². The van der Waals surface area contributed by atoms with Crippen molar-refractivity contribution in [2.75, 3.05) is 20.2 Å². The van der Waals surface area contributed by atoms with E-state index in [1.807, 2.05) is 12.1 Å². The number of benzene rings is 2. The average molecular weight is 375 g/mol. The van der Waals surface area contributed by atoms with Crippen molar-refractivity contribution in [1.82, 2.24) is 10.6 Å². The molecule has 3 rings (SSSR count). The van der Waals surface area contributed by atoms with Gasteiger partial charge in [-0.05, 0) is 55.6 Å². The number of nitrogens with one attached hydrogen (secondary N) is 2. The van der Waals surface area contributed by atoms with E-state index in [0.29, 0.717) is 19.4 Å². The molecule has 1 heterocycles. The first-order valence-electron chi connectivity index (χ1n) is 8.83. The molecule has 0 aliphatic carbocycles. The molecule has 1 fully saturated rings. The van der Waals surface area contributed by atoms with Crippen LogP contribution in [0.5, 0.6) is 0 Å². The minimum absolute atomic E-state index is 0. The Balaban J connectivity index is 0.00000243. The number of hydrogen-bond acceptors (Lipinski definition) is 3. The fourth-order valence-corrected chi connectivity index (χ4v) is 3.38. The maximum atomic E-state index is 12.7. The quantitative estimate of drug-likeness (QED) is 0.842. The maximum Gasteiger partial charge on any atom is 0.252 e. The van der Waals surface area contributed by atoms with Gasteiger partial charge in [0.15, 0.2) is 0 Å². The summed E-state index contributed by atoms with van der Waals surface area (Å²) in [5.74, 6) is -0.0162. The summed E-state index contributed by atoms with van der Waals surface area (Å²) in [5.41, 5.74) is 4.00. The highest BCUT2D eigenvalue weighted by Crippen LogP contribution is 2.24. The number of halogens is 1. The van der Waals surface area contributed by atoms with Crippen LogP contribution < -0.4 is 10.6 Å². The van der Waals surface area contributed by atoms with E-state index in [1.165, 1.54) is 16.7 Å². The lowest BCUT2D eigenvalue weighted by atomic mass is 9.91. The summed E-state index contributed by atoms with van der Waals surface area (Å²) in [7, 11) is 1.63. The van der Waals surface area contributed by atoms with Gasteiger partial charge < -0.3 is 15.4 Å². The van der Waals surface area contributed by atoms with Crippen LogP contribution in [0.2, 0.25) is 0 Å². The highest BCUT2D eigenvalue weighted by molar-refractivity contribution is 5.85. The van der Waals surface area contributed by atoms with E-state index in [4.69, 9.17) is 4.74 Å². The Morgan fingerprint density at radius 2 is 1.77 bits per heavy atom. The van der Waals surface area contributed by atoms with Gasteiger partial charge in [0, 0.05) is 13.7 Å². The van der Waals surface area contributed by atoms with Gasteiger partial charge in [-0.25, -0.2) is 0 Å². The second-order valence-electron chi connectivity index (χ2n) is 6.70. The largest absolute Gasteiger partial charge is 0.368 e. The molecule has 1 aliphatic heterocycles. The molecule has 0 saturated carbocycles. The number of carbonyl (C=O) groups excluding carboxylic acids is 1. The SMILES string of the molecule is COC1(C(=O)NCc2cccc(-c3cccc(C)c3)c2)CCNCC1.Cl. The van der Waals surface area contributed by atoms with Crippen LogP contribution in [-0.4, -0.2) is 31.7 Å². The van der Waals surface area contributed by atoms with Gasteiger partial charge in [-0.15, -0.1) is 12.4 Å². The summed E-state index contributed by atoms with van der Waals surface area (Å²) in [6.07, 6.45) is 1.41. The number of rotatable bonds is 5. The second-order valence-corrected chi connectivity index (χ2v) is 6.70. The fraction of sp³-hybridized carbons (Fsp3) is 0.381. The number of methoxy groups -OCH3 is 1.